The van der Waals surface area contributed by atoms with E-state index in [1.165, 1.54) is 0 Å². The van der Waals surface area contributed by atoms with Crippen molar-refractivity contribution in [1.29, 1.82) is 0 Å². The maximum Gasteiger partial charge on any atom is 0.169 e. The van der Waals surface area contributed by atoms with E-state index < -0.39 is 0 Å². The molecular weight excluding hydrogens is 268 g/mol. The summed E-state index contributed by atoms with van der Waals surface area (Å²) in [7, 11) is 0. The molecule has 1 rings (SSSR count). The summed E-state index contributed by atoms with van der Waals surface area (Å²) in [6.45, 7) is 10.8. The Hall–Kier alpha value is -0.320. The van der Waals surface area contributed by atoms with Gasteiger partial charge in [0.25, 0.3) is 0 Å². The van der Waals surface area contributed by atoms with E-state index in [4.69, 9.17) is 4.42 Å². The molecule has 16 heavy (non-hydrogen) atoms. The predicted molar refractivity (Wildman–Crippen MR) is 70.6 cm³/mol. The van der Waals surface area contributed by atoms with Crippen LogP contribution in [0.15, 0.2) is 21.2 Å². The number of hydrogen-bond acceptors (Lipinski definition) is 3. The smallest absolute Gasteiger partial charge is 0.169 e. The van der Waals surface area contributed by atoms with Crippen LogP contribution < -0.4 is 5.32 Å². The van der Waals surface area contributed by atoms with Gasteiger partial charge in [-0.1, -0.05) is 13.8 Å². The molecular formula is C12H21BrN2O. The molecule has 92 valence electrons. The van der Waals surface area contributed by atoms with Crippen LogP contribution in [0.1, 0.15) is 32.6 Å². The van der Waals surface area contributed by atoms with Crippen molar-refractivity contribution in [3.63, 3.8) is 0 Å². The highest BCUT2D eigenvalue weighted by molar-refractivity contribution is 9.10. The van der Waals surface area contributed by atoms with Gasteiger partial charge in [-0.2, -0.15) is 0 Å². The summed E-state index contributed by atoms with van der Waals surface area (Å²) in [5.74, 6) is 0.978. The number of halogens is 1. The van der Waals surface area contributed by atoms with Gasteiger partial charge >= 0.3 is 0 Å². The third-order valence-corrected chi connectivity index (χ3v) is 3.22. The van der Waals surface area contributed by atoms with E-state index in [-0.39, 0.29) is 6.04 Å². The van der Waals surface area contributed by atoms with E-state index in [1.54, 1.807) is 0 Å². The van der Waals surface area contributed by atoms with Gasteiger partial charge in [-0.15, -0.1) is 0 Å². The van der Waals surface area contributed by atoms with Crippen molar-refractivity contribution in [1.82, 2.24) is 10.2 Å². The lowest BCUT2D eigenvalue weighted by Crippen LogP contribution is -2.32. The van der Waals surface area contributed by atoms with E-state index in [2.05, 4.69) is 46.9 Å². The first-order chi connectivity index (χ1) is 7.67. The molecule has 1 N–H and O–H groups in total. The van der Waals surface area contributed by atoms with Crippen LogP contribution in [0.4, 0.5) is 0 Å². The van der Waals surface area contributed by atoms with Gasteiger partial charge < -0.3 is 14.6 Å². The van der Waals surface area contributed by atoms with Crippen molar-refractivity contribution < 1.29 is 4.42 Å². The Balaban J connectivity index is 2.27. The molecule has 1 atom stereocenters. The van der Waals surface area contributed by atoms with Crippen LogP contribution in [-0.2, 0) is 0 Å². The molecule has 0 saturated heterocycles. The SMILES string of the molecule is CCN(CC)CCNC(C)c1ccc(Br)o1. The first-order valence-electron chi connectivity index (χ1n) is 5.88. The second-order valence-electron chi connectivity index (χ2n) is 3.84. The van der Waals surface area contributed by atoms with Crippen LogP contribution in [0.5, 0.6) is 0 Å². The van der Waals surface area contributed by atoms with Crippen LogP contribution in [-0.4, -0.2) is 31.1 Å². The zero-order valence-corrected chi connectivity index (χ0v) is 11.9. The normalized spacial score (nSPS) is 13.3. The van der Waals surface area contributed by atoms with Crippen LogP contribution in [0.3, 0.4) is 0 Å². The largest absolute Gasteiger partial charge is 0.453 e. The van der Waals surface area contributed by atoms with Crippen LogP contribution in [0.25, 0.3) is 0 Å². The number of rotatable bonds is 7. The maximum atomic E-state index is 5.50. The summed E-state index contributed by atoms with van der Waals surface area (Å²) < 4.78 is 6.29. The lowest BCUT2D eigenvalue weighted by atomic mass is 10.2. The first-order valence-corrected chi connectivity index (χ1v) is 6.67. The van der Waals surface area contributed by atoms with Gasteiger partial charge in [-0.3, -0.25) is 0 Å². The molecule has 1 unspecified atom stereocenters. The Labute approximate surface area is 106 Å². The third-order valence-electron chi connectivity index (χ3n) is 2.79. The van der Waals surface area contributed by atoms with Gasteiger partial charge in [0, 0.05) is 13.1 Å². The minimum atomic E-state index is 0.266. The van der Waals surface area contributed by atoms with E-state index in [1.807, 2.05) is 12.1 Å². The number of nitrogens with one attached hydrogen (secondary N) is 1. The van der Waals surface area contributed by atoms with Crippen LogP contribution in [0, 0.1) is 0 Å². The average Bonchev–Trinajstić information content (AvgIpc) is 2.71. The van der Waals surface area contributed by atoms with E-state index in [9.17, 15) is 0 Å². The van der Waals surface area contributed by atoms with Crippen molar-refractivity contribution in [2.45, 2.75) is 26.8 Å². The first kappa shape index (κ1) is 13.7. The van der Waals surface area contributed by atoms with Crippen molar-refractivity contribution in [3.05, 3.63) is 22.6 Å². The summed E-state index contributed by atoms with van der Waals surface area (Å²) in [6, 6.07) is 4.19. The number of likely N-dealkylation sites (N-methyl/N-ethyl adjacent to an activating group) is 1. The summed E-state index contributed by atoms with van der Waals surface area (Å²) >= 11 is 3.31. The zero-order valence-electron chi connectivity index (χ0n) is 10.3. The fraction of sp³-hybridized carbons (Fsp3) is 0.667. The molecule has 1 heterocycles. The molecule has 0 aliphatic heterocycles. The van der Waals surface area contributed by atoms with E-state index in [0.717, 1.165) is 36.6 Å². The molecule has 0 radical (unpaired) electrons. The van der Waals surface area contributed by atoms with Crippen molar-refractivity contribution in [3.8, 4) is 0 Å². The second kappa shape index (κ2) is 7.09. The predicted octanol–water partition coefficient (Wildman–Crippen LogP) is 3.03. The Morgan fingerprint density at radius 3 is 2.56 bits per heavy atom. The third kappa shape index (κ3) is 4.28. The topological polar surface area (TPSA) is 28.4 Å². The number of nitrogens with zero attached hydrogens (tertiary/aromatic N) is 1. The van der Waals surface area contributed by atoms with Gasteiger partial charge in [-0.05, 0) is 48.1 Å². The fourth-order valence-corrected chi connectivity index (χ4v) is 1.96. The minimum absolute atomic E-state index is 0.266. The lowest BCUT2D eigenvalue weighted by molar-refractivity contribution is 0.293. The number of furan rings is 1. The molecule has 0 aromatic carbocycles. The Morgan fingerprint density at radius 1 is 1.38 bits per heavy atom. The summed E-state index contributed by atoms with van der Waals surface area (Å²) in [5.41, 5.74) is 0. The van der Waals surface area contributed by atoms with Crippen molar-refractivity contribution in [2.75, 3.05) is 26.2 Å². The molecule has 0 aliphatic rings. The molecule has 3 nitrogen and oxygen atoms in total. The Bertz CT molecular complexity index is 297. The summed E-state index contributed by atoms with van der Waals surface area (Å²) in [5, 5.41) is 3.46. The quantitative estimate of drug-likeness (QED) is 0.836. The van der Waals surface area contributed by atoms with Gasteiger partial charge in [0.1, 0.15) is 5.76 Å². The van der Waals surface area contributed by atoms with Crippen molar-refractivity contribution >= 4 is 15.9 Å². The Kier molecular flexibility index (Phi) is 6.09. The zero-order chi connectivity index (χ0) is 12.0. The molecule has 0 saturated carbocycles. The molecule has 0 amide bonds. The maximum absolute atomic E-state index is 5.50. The molecule has 1 aromatic heterocycles. The van der Waals surface area contributed by atoms with Gasteiger partial charge in [0.15, 0.2) is 4.67 Å². The average molecular weight is 289 g/mol. The highest BCUT2D eigenvalue weighted by Gasteiger charge is 2.09. The van der Waals surface area contributed by atoms with Gasteiger partial charge in [-0.25, -0.2) is 0 Å². The van der Waals surface area contributed by atoms with E-state index in [0.29, 0.717) is 0 Å². The molecule has 4 heteroatoms. The lowest BCUT2D eigenvalue weighted by Gasteiger charge is -2.19. The molecule has 0 spiro atoms. The molecule has 0 aliphatic carbocycles. The highest BCUT2D eigenvalue weighted by atomic mass is 79.9. The number of hydrogen-bond donors (Lipinski definition) is 1. The monoisotopic (exact) mass is 288 g/mol. The highest BCUT2D eigenvalue weighted by Crippen LogP contribution is 2.19. The fourth-order valence-electron chi connectivity index (χ4n) is 1.64. The van der Waals surface area contributed by atoms with Gasteiger partial charge in [0.2, 0.25) is 0 Å². The van der Waals surface area contributed by atoms with Crippen LogP contribution in [0.2, 0.25) is 0 Å². The summed E-state index contributed by atoms with van der Waals surface area (Å²) in [6.07, 6.45) is 0. The Morgan fingerprint density at radius 2 is 2.06 bits per heavy atom. The van der Waals surface area contributed by atoms with Crippen molar-refractivity contribution in [2.24, 2.45) is 0 Å². The summed E-state index contributed by atoms with van der Waals surface area (Å²) in [4.78, 5) is 2.40. The molecule has 1 aromatic rings. The van der Waals surface area contributed by atoms with E-state index >= 15 is 0 Å². The molecule has 0 fully saturated rings. The molecule has 0 bridgehead atoms. The second-order valence-corrected chi connectivity index (χ2v) is 4.63. The minimum Gasteiger partial charge on any atom is -0.453 e. The van der Waals surface area contributed by atoms with Crippen LogP contribution >= 0.6 is 15.9 Å². The van der Waals surface area contributed by atoms with Gasteiger partial charge in [0.05, 0.1) is 6.04 Å². The standard InChI is InChI=1S/C12H21BrN2O/c1-4-15(5-2)9-8-14-10(3)11-6-7-12(13)16-11/h6-7,10,14H,4-5,8-9H2,1-3H3.